The van der Waals surface area contributed by atoms with Crippen molar-refractivity contribution >= 4 is 29.3 Å². The number of allylic oxidation sites excluding steroid dienone is 3. The molecule has 0 radical (unpaired) electrons. The Kier molecular flexibility index (Phi) is 5.41. The minimum Gasteiger partial charge on any atom is -0.459 e. The smallest absolute Gasteiger partial charge is 0.308 e. The van der Waals surface area contributed by atoms with Crippen molar-refractivity contribution < 1.29 is 38.6 Å². The third-order valence-electron chi connectivity index (χ3n) is 7.63. The van der Waals surface area contributed by atoms with Crippen molar-refractivity contribution in [2.75, 3.05) is 0 Å². The van der Waals surface area contributed by atoms with Crippen LogP contribution < -0.4 is 0 Å². The molecule has 6 unspecified atom stereocenters. The number of esters is 2. The van der Waals surface area contributed by atoms with Gasteiger partial charge in [0.25, 0.3) is 0 Å². The molecule has 3 rings (SSSR count). The molecule has 0 bridgehead atoms. The average Bonchev–Trinajstić information content (AvgIpc) is 2.65. The Morgan fingerprint density at radius 2 is 1.72 bits per heavy atom. The van der Waals surface area contributed by atoms with Crippen molar-refractivity contribution in [2.45, 2.75) is 66.1 Å². The highest BCUT2D eigenvalue weighted by Gasteiger charge is 2.73. The lowest BCUT2D eigenvalue weighted by Gasteiger charge is -2.62. The van der Waals surface area contributed by atoms with E-state index in [-0.39, 0.29) is 18.6 Å². The fourth-order valence-corrected chi connectivity index (χ4v) is 6.19. The van der Waals surface area contributed by atoms with Crippen LogP contribution in [-0.4, -0.2) is 46.1 Å². The van der Waals surface area contributed by atoms with Crippen LogP contribution in [0.15, 0.2) is 24.5 Å². The van der Waals surface area contributed by atoms with Gasteiger partial charge < -0.3 is 14.6 Å². The molecular formula is C24H30O8. The fraction of sp³-hybridized carbons (Fsp3) is 0.625. The maximum atomic E-state index is 13.6. The minimum atomic E-state index is -2.33. The number of ether oxygens (including phenoxy) is 2. The number of aliphatic hydroxyl groups is 1. The quantitative estimate of drug-likeness (QED) is 0.516. The normalized spacial score (nSPS) is 40.5. The first-order chi connectivity index (χ1) is 14.6. The van der Waals surface area contributed by atoms with E-state index in [0.717, 1.165) is 13.8 Å². The summed E-state index contributed by atoms with van der Waals surface area (Å²) >= 11 is 0. The minimum absolute atomic E-state index is 0.0298. The van der Waals surface area contributed by atoms with Crippen LogP contribution >= 0.6 is 0 Å². The molecule has 0 saturated heterocycles. The lowest BCUT2D eigenvalue weighted by Crippen LogP contribution is -2.74. The molecule has 32 heavy (non-hydrogen) atoms. The second-order valence-corrected chi connectivity index (χ2v) is 10.3. The van der Waals surface area contributed by atoms with Crippen molar-refractivity contribution in [1.29, 1.82) is 0 Å². The van der Waals surface area contributed by atoms with Crippen molar-refractivity contribution in [3.05, 3.63) is 24.5 Å². The Labute approximate surface area is 187 Å². The van der Waals surface area contributed by atoms with Gasteiger partial charge in [-0.25, -0.2) is 0 Å². The Bertz CT molecular complexity index is 974. The molecular weight excluding hydrogens is 416 g/mol. The summed E-state index contributed by atoms with van der Waals surface area (Å²) in [6, 6.07) is 0. The van der Waals surface area contributed by atoms with Crippen LogP contribution in [-0.2, 0) is 33.4 Å². The molecule has 3 aliphatic rings. The van der Waals surface area contributed by atoms with Crippen LogP contribution in [0.3, 0.4) is 0 Å². The first-order valence-corrected chi connectivity index (χ1v) is 10.6. The molecule has 0 aliphatic heterocycles. The van der Waals surface area contributed by atoms with E-state index in [1.807, 2.05) is 0 Å². The van der Waals surface area contributed by atoms with Crippen molar-refractivity contribution in [2.24, 2.45) is 28.1 Å². The monoisotopic (exact) mass is 446 g/mol. The van der Waals surface area contributed by atoms with Gasteiger partial charge >= 0.3 is 11.9 Å². The van der Waals surface area contributed by atoms with E-state index in [0.29, 0.717) is 0 Å². The topological polar surface area (TPSA) is 124 Å². The van der Waals surface area contributed by atoms with Crippen molar-refractivity contribution in [1.82, 2.24) is 0 Å². The van der Waals surface area contributed by atoms with Gasteiger partial charge in [-0.15, -0.1) is 6.58 Å². The van der Waals surface area contributed by atoms with Gasteiger partial charge in [0.15, 0.2) is 17.1 Å². The molecule has 8 heteroatoms. The summed E-state index contributed by atoms with van der Waals surface area (Å²) in [5, 5.41) is 11.9. The molecule has 3 aliphatic carbocycles. The summed E-state index contributed by atoms with van der Waals surface area (Å²) in [5.41, 5.74) is -6.02. The average molecular weight is 446 g/mol. The zero-order chi connectivity index (χ0) is 24.4. The van der Waals surface area contributed by atoms with Gasteiger partial charge in [-0.2, -0.15) is 0 Å². The number of Topliss-reactive ketones (excluding diaryl/α,β-unsaturated/α-hetero) is 3. The number of hydrogen-bond acceptors (Lipinski definition) is 8. The summed E-state index contributed by atoms with van der Waals surface area (Å²) in [7, 11) is 0. The van der Waals surface area contributed by atoms with Gasteiger partial charge in [0.1, 0.15) is 11.9 Å². The molecule has 174 valence electrons. The van der Waals surface area contributed by atoms with E-state index in [9.17, 15) is 29.1 Å². The number of carbonyl (C=O) groups excluding carboxylic acids is 5. The number of rotatable bonds is 3. The number of fused-ring (bicyclic) bond motifs is 3. The lowest BCUT2D eigenvalue weighted by atomic mass is 9.42. The van der Waals surface area contributed by atoms with Crippen LogP contribution in [0.5, 0.6) is 0 Å². The Morgan fingerprint density at radius 1 is 1.12 bits per heavy atom. The maximum absolute atomic E-state index is 13.6. The standard InChI is InChI=1S/C24H30O8/c1-8-22(6)10-14(27)18-23(7)11-15(31-12(2)25)19(28)21(4,5)16(23)9-17(32-13(3)26)24(18,30)20(22)29/h8,11,16-18,30H,1,9-10H2,2-7H3. The van der Waals surface area contributed by atoms with E-state index in [1.54, 1.807) is 20.8 Å². The van der Waals surface area contributed by atoms with Gasteiger partial charge in [-0.3, -0.25) is 24.0 Å². The first-order valence-electron chi connectivity index (χ1n) is 10.6. The molecule has 6 atom stereocenters. The maximum Gasteiger partial charge on any atom is 0.308 e. The number of ketones is 3. The van der Waals surface area contributed by atoms with Crippen LogP contribution in [0, 0.1) is 28.1 Å². The van der Waals surface area contributed by atoms with E-state index in [1.165, 1.54) is 19.1 Å². The fourth-order valence-electron chi connectivity index (χ4n) is 6.19. The lowest BCUT2D eigenvalue weighted by molar-refractivity contribution is -0.225. The van der Waals surface area contributed by atoms with E-state index < -0.39 is 69.1 Å². The molecule has 1 N–H and O–H groups in total. The molecule has 2 fully saturated rings. The summed E-state index contributed by atoms with van der Waals surface area (Å²) in [5.74, 6) is -5.03. The van der Waals surface area contributed by atoms with Crippen LogP contribution in [0.4, 0.5) is 0 Å². The van der Waals surface area contributed by atoms with E-state index >= 15 is 0 Å². The molecule has 2 saturated carbocycles. The number of carbonyl (C=O) groups is 5. The number of hydrogen-bond donors (Lipinski definition) is 1. The molecule has 0 heterocycles. The van der Waals surface area contributed by atoms with Crippen LogP contribution in [0.25, 0.3) is 0 Å². The van der Waals surface area contributed by atoms with Crippen molar-refractivity contribution in [3.63, 3.8) is 0 Å². The van der Waals surface area contributed by atoms with Gasteiger partial charge in [0.05, 0.1) is 11.3 Å². The second-order valence-electron chi connectivity index (χ2n) is 10.3. The predicted molar refractivity (Wildman–Crippen MR) is 112 cm³/mol. The van der Waals surface area contributed by atoms with E-state index in [2.05, 4.69) is 6.58 Å². The highest BCUT2D eigenvalue weighted by atomic mass is 16.6. The molecule has 8 nitrogen and oxygen atoms in total. The molecule has 0 spiro atoms. The third-order valence-corrected chi connectivity index (χ3v) is 7.63. The zero-order valence-corrected chi connectivity index (χ0v) is 19.3. The molecule has 0 amide bonds. The second kappa shape index (κ2) is 7.20. The first kappa shape index (κ1) is 24.0. The van der Waals surface area contributed by atoms with Crippen molar-refractivity contribution in [3.8, 4) is 0 Å². The van der Waals surface area contributed by atoms with Gasteiger partial charge in [-0.1, -0.05) is 26.8 Å². The summed E-state index contributed by atoms with van der Waals surface area (Å²) in [4.78, 5) is 63.9. The van der Waals surface area contributed by atoms with Crippen LogP contribution in [0.2, 0.25) is 0 Å². The summed E-state index contributed by atoms with van der Waals surface area (Å²) in [6.07, 6.45) is 1.18. The van der Waals surface area contributed by atoms with Gasteiger partial charge in [0.2, 0.25) is 5.78 Å². The van der Waals surface area contributed by atoms with E-state index in [4.69, 9.17) is 9.47 Å². The van der Waals surface area contributed by atoms with Gasteiger partial charge in [-0.05, 0) is 25.3 Å². The predicted octanol–water partition coefficient (Wildman–Crippen LogP) is 2.08. The molecule has 0 aromatic rings. The third kappa shape index (κ3) is 3.10. The highest BCUT2D eigenvalue weighted by Crippen LogP contribution is 2.63. The molecule has 0 aromatic carbocycles. The largest absolute Gasteiger partial charge is 0.459 e. The SMILES string of the molecule is C=CC1(C)CC(=O)C2C3(C)C=C(OC(C)=O)C(=O)C(C)(C)C3CC(OC(C)=O)C2(O)C1=O. The summed E-state index contributed by atoms with van der Waals surface area (Å²) in [6.45, 7) is 12.5. The van der Waals surface area contributed by atoms with Crippen LogP contribution in [0.1, 0.15) is 54.4 Å². The Morgan fingerprint density at radius 3 is 2.22 bits per heavy atom. The Balaban J connectivity index is 2.31. The molecule has 0 aromatic heterocycles. The summed E-state index contributed by atoms with van der Waals surface area (Å²) < 4.78 is 10.6. The zero-order valence-electron chi connectivity index (χ0n) is 19.3. The Hall–Kier alpha value is -2.61. The highest BCUT2D eigenvalue weighted by molar-refractivity contribution is 6.08. The van der Waals surface area contributed by atoms with Gasteiger partial charge in [0, 0.05) is 31.1 Å².